The third-order valence-corrected chi connectivity index (χ3v) is 4.13. The Labute approximate surface area is 142 Å². The molecule has 0 spiro atoms. The van der Waals surface area contributed by atoms with Gasteiger partial charge in [0, 0.05) is 25.8 Å². The van der Waals surface area contributed by atoms with E-state index in [1.165, 1.54) is 12.8 Å². The molecule has 1 amide bonds. The fourth-order valence-corrected chi connectivity index (χ4v) is 2.78. The summed E-state index contributed by atoms with van der Waals surface area (Å²) in [7, 11) is 0. The van der Waals surface area contributed by atoms with Crippen molar-refractivity contribution in [1.82, 2.24) is 10.3 Å². The summed E-state index contributed by atoms with van der Waals surface area (Å²) in [6.45, 7) is 4.35. The van der Waals surface area contributed by atoms with Gasteiger partial charge in [-0.15, -0.1) is 0 Å². The van der Waals surface area contributed by atoms with E-state index in [0.717, 1.165) is 24.5 Å². The number of hydrogen-bond acceptors (Lipinski definition) is 4. The van der Waals surface area contributed by atoms with Crippen molar-refractivity contribution in [1.29, 1.82) is 0 Å². The molecule has 1 N–H and O–H groups in total. The van der Waals surface area contributed by atoms with Crippen molar-refractivity contribution < 1.29 is 9.53 Å². The summed E-state index contributed by atoms with van der Waals surface area (Å²) in [5.74, 6) is 1.56. The zero-order valence-electron chi connectivity index (χ0n) is 13.9. The Balaban J connectivity index is 1.53. The second-order valence-electron chi connectivity index (χ2n) is 6.01. The number of nitrogens with one attached hydrogen (secondary N) is 1. The summed E-state index contributed by atoms with van der Waals surface area (Å²) in [5, 5.41) is 2.93. The van der Waals surface area contributed by atoms with Crippen LogP contribution in [0.2, 0.25) is 0 Å². The van der Waals surface area contributed by atoms with Gasteiger partial charge in [-0.2, -0.15) is 0 Å². The number of ether oxygens (including phenoxy) is 1. The van der Waals surface area contributed by atoms with Crippen LogP contribution in [0.5, 0.6) is 5.75 Å². The molecule has 2 aromatic rings. The first-order valence-electron chi connectivity index (χ1n) is 8.41. The van der Waals surface area contributed by atoms with Gasteiger partial charge in [0.25, 0.3) is 5.91 Å². The quantitative estimate of drug-likeness (QED) is 0.887. The monoisotopic (exact) mass is 325 g/mol. The van der Waals surface area contributed by atoms with Crippen LogP contribution >= 0.6 is 0 Å². The van der Waals surface area contributed by atoms with Gasteiger partial charge in [-0.1, -0.05) is 18.2 Å². The number of anilines is 1. The largest absolute Gasteiger partial charge is 0.481 e. The molecule has 24 heavy (non-hydrogen) atoms. The number of benzene rings is 1. The lowest BCUT2D eigenvalue weighted by molar-refractivity contribution is -0.127. The zero-order valence-corrected chi connectivity index (χ0v) is 13.9. The highest BCUT2D eigenvalue weighted by Gasteiger charge is 2.16. The highest BCUT2D eigenvalue weighted by Crippen LogP contribution is 2.18. The standard InChI is InChI=1S/C19H23N3O2/c1-15(24-17-7-3-2-4-8-17)19(23)21-14-16-9-10-20-18(13-16)22-11-5-6-12-22/h2-4,7-10,13,15H,5-6,11-12,14H2,1H3,(H,21,23)/t15-/m0/s1. The van der Waals surface area contributed by atoms with Gasteiger partial charge >= 0.3 is 0 Å². The number of rotatable bonds is 6. The molecule has 5 nitrogen and oxygen atoms in total. The van der Waals surface area contributed by atoms with Crippen LogP contribution in [0.25, 0.3) is 0 Å². The summed E-state index contributed by atoms with van der Waals surface area (Å²) in [6, 6.07) is 13.4. The molecular weight excluding hydrogens is 302 g/mol. The van der Waals surface area contributed by atoms with Gasteiger partial charge in [-0.3, -0.25) is 4.79 Å². The third-order valence-electron chi connectivity index (χ3n) is 4.13. The third kappa shape index (κ3) is 4.25. The number of carbonyl (C=O) groups excluding carboxylic acids is 1. The van der Waals surface area contributed by atoms with Crippen LogP contribution in [0.4, 0.5) is 5.82 Å². The number of nitrogens with zero attached hydrogens (tertiary/aromatic N) is 2. The lowest BCUT2D eigenvalue weighted by Gasteiger charge is -2.17. The lowest BCUT2D eigenvalue weighted by atomic mass is 10.2. The van der Waals surface area contributed by atoms with Crippen molar-refractivity contribution in [2.45, 2.75) is 32.4 Å². The molecule has 0 radical (unpaired) electrons. The molecule has 1 aromatic heterocycles. The molecule has 1 aliphatic heterocycles. The van der Waals surface area contributed by atoms with Crippen LogP contribution in [0, 0.1) is 0 Å². The van der Waals surface area contributed by atoms with Crippen molar-refractivity contribution in [2.75, 3.05) is 18.0 Å². The predicted octanol–water partition coefficient (Wildman–Crippen LogP) is 2.77. The van der Waals surface area contributed by atoms with E-state index < -0.39 is 6.10 Å². The van der Waals surface area contributed by atoms with Crippen molar-refractivity contribution in [3.05, 3.63) is 54.2 Å². The molecule has 1 fully saturated rings. The molecule has 0 unspecified atom stereocenters. The van der Waals surface area contributed by atoms with Crippen LogP contribution in [-0.2, 0) is 11.3 Å². The Bertz CT molecular complexity index is 669. The number of amides is 1. The zero-order chi connectivity index (χ0) is 16.8. The van der Waals surface area contributed by atoms with E-state index >= 15 is 0 Å². The molecule has 1 atom stereocenters. The van der Waals surface area contributed by atoms with Gasteiger partial charge in [-0.05, 0) is 49.6 Å². The Kier molecular flexibility index (Phi) is 5.31. The molecule has 1 saturated heterocycles. The molecule has 0 saturated carbocycles. The van der Waals surface area contributed by atoms with E-state index in [9.17, 15) is 4.79 Å². The number of pyridine rings is 1. The Morgan fingerprint density at radius 2 is 2.00 bits per heavy atom. The molecule has 5 heteroatoms. The Morgan fingerprint density at radius 3 is 2.75 bits per heavy atom. The average Bonchev–Trinajstić information content (AvgIpc) is 3.15. The lowest BCUT2D eigenvalue weighted by Crippen LogP contribution is -2.35. The first-order chi connectivity index (χ1) is 11.7. The van der Waals surface area contributed by atoms with Gasteiger partial charge in [-0.25, -0.2) is 4.98 Å². The van der Waals surface area contributed by atoms with Crippen LogP contribution in [-0.4, -0.2) is 30.1 Å². The molecular formula is C19H23N3O2. The van der Waals surface area contributed by atoms with Gasteiger partial charge in [0.15, 0.2) is 6.10 Å². The minimum Gasteiger partial charge on any atom is -0.481 e. The van der Waals surface area contributed by atoms with E-state index in [0.29, 0.717) is 12.3 Å². The average molecular weight is 325 g/mol. The maximum Gasteiger partial charge on any atom is 0.261 e. The van der Waals surface area contributed by atoms with E-state index in [1.54, 1.807) is 13.1 Å². The maximum absolute atomic E-state index is 12.2. The second-order valence-corrected chi connectivity index (χ2v) is 6.01. The number of para-hydroxylation sites is 1. The first-order valence-corrected chi connectivity index (χ1v) is 8.41. The molecule has 3 rings (SSSR count). The van der Waals surface area contributed by atoms with Gasteiger partial charge in [0.2, 0.25) is 0 Å². The summed E-state index contributed by atoms with van der Waals surface area (Å²) >= 11 is 0. The van der Waals surface area contributed by atoms with Crippen LogP contribution in [0.15, 0.2) is 48.7 Å². The van der Waals surface area contributed by atoms with Gasteiger partial charge in [0.05, 0.1) is 0 Å². The molecule has 1 aliphatic rings. The Morgan fingerprint density at radius 1 is 1.25 bits per heavy atom. The highest BCUT2D eigenvalue weighted by atomic mass is 16.5. The second kappa shape index (κ2) is 7.81. The number of aromatic nitrogens is 1. The van der Waals surface area contributed by atoms with Crippen LogP contribution < -0.4 is 15.0 Å². The van der Waals surface area contributed by atoms with Gasteiger partial charge < -0.3 is 15.0 Å². The summed E-state index contributed by atoms with van der Waals surface area (Å²) in [5.41, 5.74) is 1.05. The minimum absolute atomic E-state index is 0.126. The molecule has 1 aromatic carbocycles. The van der Waals surface area contributed by atoms with E-state index in [4.69, 9.17) is 4.74 Å². The highest BCUT2D eigenvalue weighted by molar-refractivity contribution is 5.80. The molecule has 0 bridgehead atoms. The van der Waals surface area contributed by atoms with Crippen molar-refractivity contribution in [3.63, 3.8) is 0 Å². The SMILES string of the molecule is C[C@H](Oc1ccccc1)C(=O)NCc1ccnc(N2CCCC2)c1. The van der Waals surface area contributed by atoms with Crippen molar-refractivity contribution in [2.24, 2.45) is 0 Å². The minimum atomic E-state index is -0.535. The topological polar surface area (TPSA) is 54.5 Å². The van der Waals surface area contributed by atoms with Gasteiger partial charge in [0.1, 0.15) is 11.6 Å². The fourth-order valence-electron chi connectivity index (χ4n) is 2.78. The summed E-state index contributed by atoms with van der Waals surface area (Å²) in [6.07, 6.45) is 3.71. The van der Waals surface area contributed by atoms with Crippen LogP contribution in [0.3, 0.4) is 0 Å². The summed E-state index contributed by atoms with van der Waals surface area (Å²) < 4.78 is 5.64. The summed E-state index contributed by atoms with van der Waals surface area (Å²) in [4.78, 5) is 18.9. The van der Waals surface area contributed by atoms with E-state index in [-0.39, 0.29) is 5.91 Å². The normalized spacial score (nSPS) is 15.1. The molecule has 126 valence electrons. The molecule has 0 aliphatic carbocycles. The maximum atomic E-state index is 12.2. The van der Waals surface area contributed by atoms with Crippen molar-refractivity contribution in [3.8, 4) is 5.75 Å². The Hall–Kier alpha value is -2.56. The van der Waals surface area contributed by atoms with Crippen LogP contribution in [0.1, 0.15) is 25.3 Å². The molecule has 2 heterocycles. The van der Waals surface area contributed by atoms with Crippen molar-refractivity contribution >= 4 is 11.7 Å². The number of carbonyl (C=O) groups is 1. The van der Waals surface area contributed by atoms with E-state index in [2.05, 4.69) is 15.2 Å². The smallest absolute Gasteiger partial charge is 0.261 e. The first kappa shape index (κ1) is 16.3. The predicted molar refractivity (Wildman–Crippen MR) is 94.1 cm³/mol. The van der Waals surface area contributed by atoms with E-state index in [1.807, 2.05) is 42.5 Å². The fraction of sp³-hybridized carbons (Fsp3) is 0.368. The number of hydrogen-bond donors (Lipinski definition) is 1.